The van der Waals surface area contributed by atoms with Crippen molar-refractivity contribution in [2.75, 3.05) is 20.1 Å². The summed E-state index contributed by atoms with van der Waals surface area (Å²) in [7, 11) is 2.14. The van der Waals surface area contributed by atoms with Gasteiger partial charge in [0.2, 0.25) is 0 Å². The minimum atomic E-state index is 0. The predicted molar refractivity (Wildman–Crippen MR) is 224 cm³/mol. The van der Waals surface area contributed by atoms with E-state index in [0.29, 0.717) is 0 Å². The SMILES string of the molecule is CC1CCC(C)CC1.CCC=[C-]/C=C(/C)C=N.CCCC.CCCCCC(C)C.CN1C[CH-]CC1.[CH2-]CC.[CH2-]c1ccccc1CCC.[U+2].[U+2]. The molecule has 0 unspecified atom stereocenters. The third kappa shape index (κ3) is 55.1. The molecule has 2 fully saturated rings. The van der Waals surface area contributed by atoms with E-state index in [1.165, 1.54) is 107 Å². The first-order valence-electron chi connectivity index (χ1n) is 19.9. The van der Waals surface area contributed by atoms with Crippen LogP contribution in [0.1, 0.15) is 177 Å². The normalized spacial score (nSPS) is 16.2. The maximum absolute atomic E-state index is 6.80. The second kappa shape index (κ2) is 51.4. The van der Waals surface area contributed by atoms with E-state index < -0.39 is 0 Å². The zero-order valence-electron chi connectivity index (χ0n) is 35.7. The Hall–Kier alpha value is 0.304. The molecule has 0 bridgehead atoms. The molecule has 2 nitrogen and oxygen atoms in total. The standard InChI is InChI=1S/C10H13.C8H12N.C8H16.C8H18.C5H10N.C4H10.C3H7.2U/c1-3-6-10-8-5-4-7-9(10)2;1-3-4-5-6-8(2)7-9;1-7-3-5-8(2)6-4-7;1-4-5-6-7-8(2)3;1-6-4-2-3-5-6;1-3-4-2;1-3-2;;/h4-5,7-8H,2-3,6H2,1H3;4,6-7,9H,3H2,1-2H3;7-8H,3-6H2,1-2H3;8H,4-7H2,1-3H3;2H,3-5H2,1H3;3-4H2,1-2H3;1,3H2,2H3;;/q2*-1;;;-1;;-1;2*+2/b;8-6-,9-7?;;;;;;;. The van der Waals surface area contributed by atoms with Gasteiger partial charge in [-0.25, -0.2) is 6.08 Å². The van der Waals surface area contributed by atoms with Gasteiger partial charge in [0, 0.05) is 0 Å². The summed E-state index contributed by atoms with van der Waals surface area (Å²) >= 11 is 0. The molecule has 1 aliphatic heterocycles. The fourth-order valence-corrected chi connectivity index (χ4v) is 4.36. The van der Waals surface area contributed by atoms with Crippen molar-refractivity contribution in [3.63, 3.8) is 0 Å². The van der Waals surface area contributed by atoms with Crippen LogP contribution in [0.2, 0.25) is 0 Å². The van der Waals surface area contributed by atoms with Crippen molar-refractivity contribution in [3.05, 3.63) is 79.5 Å². The van der Waals surface area contributed by atoms with Crippen LogP contribution in [0.25, 0.3) is 0 Å². The maximum atomic E-state index is 6.80. The first kappa shape index (κ1) is 62.3. The Morgan fingerprint density at radius 1 is 0.920 bits per heavy atom. The average molecular weight is 1140 g/mol. The van der Waals surface area contributed by atoms with Crippen molar-refractivity contribution < 1.29 is 62.2 Å². The molecule has 288 valence electrons. The second-order valence-corrected chi connectivity index (χ2v) is 13.9. The molecule has 1 aromatic carbocycles. The number of hydrogen-bond acceptors (Lipinski definition) is 2. The summed E-state index contributed by atoms with van der Waals surface area (Å²) in [5.74, 6) is 2.94. The van der Waals surface area contributed by atoms with Crippen LogP contribution in [0.5, 0.6) is 0 Å². The van der Waals surface area contributed by atoms with Crippen molar-refractivity contribution in [1.82, 2.24) is 4.90 Å². The molecule has 1 aliphatic carbocycles. The molecule has 1 aromatic rings. The number of nitrogens with zero attached hydrogens (tertiary/aromatic N) is 1. The van der Waals surface area contributed by atoms with Crippen LogP contribution in [-0.4, -0.2) is 31.3 Å². The number of rotatable bonds is 10. The van der Waals surface area contributed by atoms with Crippen molar-refractivity contribution in [1.29, 1.82) is 5.41 Å². The Morgan fingerprint density at radius 3 is 1.76 bits per heavy atom. The number of unbranched alkanes of at least 4 members (excludes halogenated alkanes) is 3. The summed E-state index contributed by atoms with van der Waals surface area (Å²) in [6, 6.07) is 8.30. The first-order valence-corrected chi connectivity index (χ1v) is 19.9. The molecule has 0 aromatic heterocycles. The van der Waals surface area contributed by atoms with Gasteiger partial charge in [-0.1, -0.05) is 165 Å². The fourth-order valence-electron chi connectivity index (χ4n) is 4.36. The molecule has 50 heavy (non-hydrogen) atoms. The van der Waals surface area contributed by atoms with Crippen LogP contribution >= 0.6 is 0 Å². The maximum Gasteiger partial charge on any atom is 2.00 e. The number of allylic oxidation sites excluding steroid dienone is 4. The number of hydrogen-bond donors (Lipinski definition) is 1. The summed E-state index contributed by atoms with van der Waals surface area (Å²) in [4.78, 5) is 2.31. The second-order valence-electron chi connectivity index (χ2n) is 13.9. The molecule has 0 spiro atoms. The smallest absolute Gasteiger partial charge is 0.344 e. The van der Waals surface area contributed by atoms with Gasteiger partial charge < -0.3 is 23.7 Å². The van der Waals surface area contributed by atoms with Crippen LogP contribution in [0.15, 0.2) is 42.0 Å². The van der Waals surface area contributed by atoms with E-state index in [4.69, 9.17) is 5.41 Å². The van der Waals surface area contributed by atoms with Gasteiger partial charge in [-0.05, 0) is 31.3 Å². The zero-order valence-corrected chi connectivity index (χ0v) is 44.1. The average Bonchev–Trinajstić information content (AvgIpc) is 3.56. The van der Waals surface area contributed by atoms with Crippen LogP contribution in [-0.2, 0) is 6.42 Å². The molecule has 1 saturated carbocycles. The Morgan fingerprint density at radius 2 is 1.44 bits per heavy atom. The minimum absolute atomic E-state index is 0. The van der Waals surface area contributed by atoms with Crippen LogP contribution < -0.4 is 0 Å². The largest absolute Gasteiger partial charge is 2.00 e. The molecule has 1 saturated heterocycles. The third-order valence-electron chi connectivity index (χ3n) is 7.84. The molecule has 2 aliphatic rings. The van der Waals surface area contributed by atoms with E-state index in [9.17, 15) is 0 Å². The molecule has 0 radical (unpaired) electrons. The first-order chi connectivity index (χ1) is 22.9. The Kier molecular flexibility index (Phi) is 64.1. The van der Waals surface area contributed by atoms with Gasteiger partial charge in [0.25, 0.3) is 0 Å². The minimum Gasteiger partial charge on any atom is -0.344 e. The molecule has 1 N–H and O–H groups in total. The summed E-state index contributed by atoms with van der Waals surface area (Å²) in [5.41, 5.74) is 3.48. The molecule has 0 atom stereocenters. The Bertz CT molecular complexity index is 792. The molecule has 1 heterocycles. The molecule has 3 rings (SSSR count). The van der Waals surface area contributed by atoms with Gasteiger partial charge in [0.1, 0.15) is 0 Å². The van der Waals surface area contributed by atoms with Crippen molar-refractivity contribution >= 4 is 6.21 Å². The molecular weight excluding hydrogens is 1060 g/mol. The number of likely N-dealkylation sites (tertiary alicyclic amines) is 1. The van der Waals surface area contributed by atoms with Crippen LogP contribution in [0.4, 0.5) is 0 Å². The van der Waals surface area contributed by atoms with Gasteiger partial charge in [0.15, 0.2) is 0 Å². The van der Waals surface area contributed by atoms with E-state index in [0.717, 1.165) is 42.6 Å². The van der Waals surface area contributed by atoms with Gasteiger partial charge in [-0.3, -0.25) is 6.08 Å². The number of aryl methyl sites for hydroxylation is 1. The Labute approximate surface area is 365 Å². The predicted octanol–water partition coefficient (Wildman–Crippen LogP) is 14.8. The van der Waals surface area contributed by atoms with Crippen molar-refractivity contribution in [2.45, 2.75) is 172 Å². The summed E-state index contributed by atoms with van der Waals surface area (Å²) in [6.45, 7) is 33.9. The van der Waals surface area contributed by atoms with Crippen molar-refractivity contribution in [2.24, 2.45) is 17.8 Å². The summed E-state index contributed by atoms with van der Waals surface area (Å²) < 4.78 is 0. The van der Waals surface area contributed by atoms with E-state index in [-0.39, 0.29) is 62.2 Å². The third-order valence-corrected chi connectivity index (χ3v) is 7.84. The quantitative estimate of drug-likeness (QED) is 0.107. The van der Waals surface area contributed by atoms with Crippen molar-refractivity contribution in [3.8, 4) is 0 Å². The van der Waals surface area contributed by atoms with Gasteiger partial charge in [0.05, 0.1) is 0 Å². The topological polar surface area (TPSA) is 27.1 Å². The van der Waals surface area contributed by atoms with Crippen LogP contribution in [0, 0.1) is 112 Å². The van der Waals surface area contributed by atoms with Gasteiger partial charge >= 0.3 is 62.2 Å². The molecule has 0 amide bonds. The number of benzene rings is 1. The van der Waals surface area contributed by atoms with E-state index in [1.54, 1.807) is 6.08 Å². The van der Waals surface area contributed by atoms with E-state index in [2.05, 4.69) is 119 Å². The van der Waals surface area contributed by atoms with E-state index in [1.807, 2.05) is 26.0 Å². The zero-order chi connectivity index (χ0) is 37.4. The van der Waals surface area contributed by atoms with Gasteiger partial charge in [-0.15, -0.1) is 31.2 Å². The monoisotopic (exact) mass is 1140 g/mol. The van der Waals surface area contributed by atoms with Crippen LogP contribution in [0.3, 0.4) is 0 Å². The Balaban J connectivity index is -0.000000115. The van der Waals surface area contributed by atoms with E-state index >= 15 is 0 Å². The fraction of sp³-hybridized carbons (Fsp3) is 0.696. The molecular formula is C46H86N2U2. The number of nitrogens with one attached hydrogen (secondary N) is 1. The summed E-state index contributed by atoms with van der Waals surface area (Å²) in [6.07, 6.45) is 30.1. The van der Waals surface area contributed by atoms with Gasteiger partial charge in [-0.2, -0.15) is 43.0 Å². The molecule has 4 heteroatoms. The summed E-state index contributed by atoms with van der Waals surface area (Å²) in [5, 5.41) is 6.80.